The van der Waals surface area contributed by atoms with E-state index in [4.69, 9.17) is 28.9 Å². The first-order valence-corrected chi connectivity index (χ1v) is 7.70. The average Bonchev–Trinajstić information content (AvgIpc) is 2.57. The number of nitrogens with two attached hydrogens (primary N) is 1. The predicted molar refractivity (Wildman–Crippen MR) is 97.9 cm³/mol. The number of hydrogen-bond donors (Lipinski definition) is 1. The number of nitrogens with zero attached hydrogens (tertiary/aromatic N) is 2. The third-order valence-corrected chi connectivity index (χ3v) is 4.02. The second kappa shape index (κ2) is 6.82. The van der Waals surface area contributed by atoms with E-state index in [1.807, 2.05) is 54.6 Å². The van der Waals surface area contributed by atoms with E-state index in [-0.39, 0.29) is 0 Å². The van der Waals surface area contributed by atoms with Gasteiger partial charge in [-0.25, -0.2) is 9.97 Å². The molecule has 114 valence electrons. The summed E-state index contributed by atoms with van der Waals surface area (Å²) in [5.74, 6) is 0. The van der Waals surface area contributed by atoms with E-state index in [1.165, 1.54) is 0 Å². The highest BCUT2D eigenvalue weighted by atomic mass is 35.5. The lowest BCUT2D eigenvalue weighted by molar-refractivity contribution is 1.36. The molecule has 2 N–H and O–H groups in total. The van der Waals surface area contributed by atoms with Gasteiger partial charge in [-0.05, 0) is 23.6 Å². The van der Waals surface area contributed by atoms with Gasteiger partial charge in [-0.1, -0.05) is 59.6 Å². The highest BCUT2D eigenvalue weighted by Crippen LogP contribution is 2.24. The molecule has 2 heterocycles. The molecule has 0 spiro atoms. The molecule has 0 saturated heterocycles. The zero-order valence-corrected chi connectivity index (χ0v) is 13.6. The van der Waals surface area contributed by atoms with Crippen LogP contribution in [0.5, 0.6) is 0 Å². The first kappa shape index (κ1) is 15.5. The molecule has 0 amide bonds. The third kappa shape index (κ3) is 3.36. The van der Waals surface area contributed by atoms with Gasteiger partial charge >= 0.3 is 0 Å². The quantitative estimate of drug-likeness (QED) is 0.346. The van der Waals surface area contributed by atoms with Crippen LogP contribution >= 0.6 is 23.2 Å². The van der Waals surface area contributed by atoms with E-state index in [0.29, 0.717) is 10.3 Å². The molecule has 0 aliphatic heterocycles. The van der Waals surface area contributed by atoms with Crippen molar-refractivity contribution in [2.24, 2.45) is 0 Å². The van der Waals surface area contributed by atoms with Crippen LogP contribution in [0.3, 0.4) is 0 Å². The maximum absolute atomic E-state index is 5.86. The molecule has 3 nitrogen and oxygen atoms in total. The lowest BCUT2D eigenvalue weighted by Gasteiger charge is -2.01. The molecule has 0 aliphatic rings. The minimum absolute atomic E-state index is 0.500. The van der Waals surface area contributed by atoms with E-state index < -0.39 is 0 Å². The van der Waals surface area contributed by atoms with Gasteiger partial charge in [0.2, 0.25) is 0 Å². The summed E-state index contributed by atoms with van der Waals surface area (Å²) in [6, 6.07) is 17.3. The van der Waals surface area contributed by atoms with Crippen molar-refractivity contribution in [3.8, 4) is 0 Å². The number of hydrogen-bond acceptors (Lipinski definition) is 3. The smallest absolute Gasteiger partial charge is 0.136 e. The van der Waals surface area contributed by atoms with Crippen LogP contribution in [0.2, 0.25) is 10.3 Å². The topological polar surface area (TPSA) is 51.8 Å². The number of rotatable bonds is 0. The molecule has 0 radical (unpaired) electrons. The Labute approximate surface area is 143 Å². The molecule has 0 aliphatic carbocycles. The van der Waals surface area contributed by atoms with Gasteiger partial charge in [-0.3, -0.25) is 0 Å². The molecule has 2 aromatic heterocycles. The monoisotopic (exact) mass is 341 g/mol. The SMILES string of the molecule is Clc1nccc2ccccc12.Nc1cccc2c(Cl)nccc12. The number of halogens is 2. The Hall–Kier alpha value is -2.36. The molecule has 0 fully saturated rings. The van der Waals surface area contributed by atoms with Crippen molar-refractivity contribution in [3.63, 3.8) is 0 Å². The van der Waals surface area contributed by atoms with Gasteiger partial charge in [0.1, 0.15) is 10.3 Å². The van der Waals surface area contributed by atoms with Crippen molar-refractivity contribution < 1.29 is 0 Å². The Morgan fingerprint density at radius 3 is 2.04 bits per heavy atom. The fraction of sp³-hybridized carbons (Fsp3) is 0. The molecule has 0 bridgehead atoms. The van der Waals surface area contributed by atoms with Crippen molar-refractivity contribution in [2.45, 2.75) is 0 Å². The van der Waals surface area contributed by atoms with E-state index in [1.54, 1.807) is 12.4 Å². The van der Waals surface area contributed by atoms with Crippen molar-refractivity contribution >= 4 is 50.4 Å². The van der Waals surface area contributed by atoms with Crippen LogP contribution in [0.1, 0.15) is 0 Å². The lowest BCUT2D eigenvalue weighted by atomic mass is 10.1. The predicted octanol–water partition coefficient (Wildman–Crippen LogP) is 5.36. The van der Waals surface area contributed by atoms with Gasteiger partial charge in [0.05, 0.1) is 0 Å². The second-order valence-electron chi connectivity index (χ2n) is 4.87. The molecule has 0 unspecified atom stereocenters. The lowest BCUT2D eigenvalue weighted by Crippen LogP contribution is -1.87. The Bertz CT molecular complexity index is 924. The van der Waals surface area contributed by atoms with Crippen LogP contribution in [0.15, 0.2) is 67.0 Å². The normalized spacial score (nSPS) is 10.3. The molecule has 4 aromatic rings. The summed E-state index contributed by atoms with van der Waals surface area (Å²) in [6.45, 7) is 0. The summed E-state index contributed by atoms with van der Waals surface area (Å²) in [6.07, 6.45) is 3.37. The van der Waals surface area contributed by atoms with Gasteiger partial charge < -0.3 is 5.73 Å². The van der Waals surface area contributed by atoms with Crippen LogP contribution in [0.25, 0.3) is 21.5 Å². The molecular formula is C18H13Cl2N3. The third-order valence-electron chi connectivity index (χ3n) is 3.42. The summed E-state index contributed by atoms with van der Waals surface area (Å²) >= 11 is 11.7. The van der Waals surface area contributed by atoms with Gasteiger partial charge in [0, 0.05) is 34.2 Å². The second-order valence-corrected chi connectivity index (χ2v) is 5.58. The minimum Gasteiger partial charge on any atom is -0.398 e. The maximum atomic E-state index is 5.86. The number of nitrogen functional groups attached to an aromatic ring is 1. The minimum atomic E-state index is 0.500. The van der Waals surface area contributed by atoms with Crippen molar-refractivity contribution in [1.82, 2.24) is 9.97 Å². The first-order valence-electron chi connectivity index (χ1n) is 6.95. The molecule has 0 saturated carbocycles. The summed E-state index contributed by atoms with van der Waals surface area (Å²) < 4.78 is 0. The fourth-order valence-corrected chi connectivity index (χ4v) is 2.73. The summed E-state index contributed by atoms with van der Waals surface area (Å²) in [4.78, 5) is 7.93. The van der Waals surface area contributed by atoms with Crippen molar-refractivity contribution in [2.75, 3.05) is 5.73 Å². The van der Waals surface area contributed by atoms with Gasteiger partial charge in [0.15, 0.2) is 0 Å². The van der Waals surface area contributed by atoms with E-state index in [2.05, 4.69) is 9.97 Å². The number of aromatic nitrogens is 2. The summed E-state index contributed by atoms with van der Waals surface area (Å²) in [5.41, 5.74) is 6.47. The van der Waals surface area contributed by atoms with Crippen molar-refractivity contribution in [1.29, 1.82) is 0 Å². The highest BCUT2D eigenvalue weighted by molar-refractivity contribution is 6.34. The highest BCUT2D eigenvalue weighted by Gasteiger charge is 2.00. The van der Waals surface area contributed by atoms with Crippen molar-refractivity contribution in [3.05, 3.63) is 77.3 Å². The average molecular weight is 342 g/mol. The molecule has 5 heteroatoms. The maximum Gasteiger partial charge on any atom is 0.136 e. The van der Waals surface area contributed by atoms with Gasteiger partial charge in [-0.15, -0.1) is 0 Å². The number of anilines is 1. The van der Waals surface area contributed by atoms with E-state index in [0.717, 1.165) is 27.2 Å². The van der Waals surface area contributed by atoms with Gasteiger partial charge in [-0.2, -0.15) is 0 Å². The zero-order valence-electron chi connectivity index (χ0n) is 12.1. The molecule has 23 heavy (non-hydrogen) atoms. The summed E-state index contributed by atoms with van der Waals surface area (Å²) in [7, 11) is 0. The standard InChI is InChI=1S/C9H7ClN2.C9H6ClN/c10-9-7-2-1-3-8(11)6(7)4-5-12-9;10-9-8-4-2-1-3-7(8)5-6-11-9/h1-5H,11H2;1-6H. The van der Waals surface area contributed by atoms with Crippen LogP contribution in [0, 0.1) is 0 Å². The Balaban J connectivity index is 0.000000136. The largest absolute Gasteiger partial charge is 0.398 e. The van der Waals surface area contributed by atoms with E-state index >= 15 is 0 Å². The van der Waals surface area contributed by atoms with Crippen LogP contribution in [0.4, 0.5) is 5.69 Å². The zero-order chi connectivity index (χ0) is 16.2. The van der Waals surface area contributed by atoms with E-state index in [9.17, 15) is 0 Å². The Morgan fingerprint density at radius 2 is 1.30 bits per heavy atom. The van der Waals surface area contributed by atoms with Gasteiger partial charge in [0.25, 0.3) is 0 Å². The number of benzene rings is 2. The number of fused-ring (bicyclic) bond motifs is 2. The summed E-state index contributed by atoms with van der Waals surface area (Å²) in [5, 5.41) is 5.07. The Kier molecular flexibility index (Phi) is 4.60. The molecule has 0 atom stereocenters. The molecular weight excluding hydrogens is 329 g/mol. The first-order chi connectivity index (χ1) is 11.2. The molecule has 2 aromatic carbocycles. The van der Waals surface area contributed by atoms with Crippen LogP contribution < -0.4 is 5.73 Å². The number of pyridine rings is 2. The molecule has 4 rings (SSSR count). The Morgan fingerprint density at radius 1 is 0.652 bits per heavy atom. The van der Waals surface area contributed by atoms with Crippen LogP contribution in [-0.4, -0.2) is 9.97 Å². The fourth-order valence-electron chi connectivity index (χ4n) is 2.28. The van der Waals surface area contributed by atoms with Crippen LogP contribution in [-0.2, 0) is 0 Å².